The van der Waals surface area contributed by atoms with Gasteiger partial charge in [-0.15, -0.1) is 0 Å². The van der Waals surface area contributed by atoms with Crippen LogP contribution in [-0.4, -0.2) is 35.2 Å². The standard InChI is InChI=1S/C9H19NO/c1-4-10-6-5-9(11)7(2)8(10)3/h7-9,11H,4-6H2,1-3H3/t7-,8-,9+/m0/s1. The Kier molecular flexibility index (Phi) is 2.90. The third kappa shape index (κ3) is 1.74. The molecular weight excluding hydrogens is 138 g/mol. The first-order chi connectivity index (χ1) is 5.16. The molecule has 0 aromatic heterocycles. The lowest BCUT2D eigenvalue weighted by atomic mass is 9.89. The predicted molar refractivity (Wildman–Crippen MR) is 46.5 cm³/mol. The Labute approximate surface area is 69.2 Å². The van der Waals surface area contributed by atoms with Crippen molar-refractivity contribution in [3.8, 4) is 0 Å². The lowest BCUT2D eigenvalue weighted by Gasteiger charge is -2.40. The molecule has 0 saturated carbocycles. The lowest BCUT2D eigenvalue weighted by Crippen LogP contribution is -2.48. The zero-order valence-electron chi connectivity index (χ0n) is 7.75. The van der Waals surface area contributed by atoms with Crippen LogP contribution in [0.2, 0.25) is 0 Å². The van der Waals surface area contributed by atoms with Gasteiger partial charge in [-0.2, -0.15) is 0 Å². The summed E-state index contributed by atoms with van der Waals surface area (Å²) in [5.74, 6) is 0.434. The molecule has 0 radical (unpaired) electrons. The maximum absolute atomic E-state index is 9.53. The van der Waals surface area contributed by atoms with Gasteiger partial charge in [0.05, 0.1) is 6.10 Å². The van der Waals surface area contributed by atoms with E-state index < -0.39 is 0 Å². The Bertz CT molecular complexity index is 125. The Balaban J connectivity index is 2.52. The number of piperidine rings is 1. The van der Waals surface area contributed by atoms with E-state index in [1.807, 2.05) is 0 Å². The van der Waals surface area contributed by atoms with Crippen LogP contribution in [0.25, 0.3) is 0 Å². The SMILES string of the molecule is CCN1CC[C@@H](O)[C@@H](C)[C@@H]1C. The number of hydrogen-bond donors (Lipinski definition) is 1. The molecule has 1 aliphatic rings. The smallest absolute Gasteiger partial charge is 0.0592 e. The maximum atomic E-state index is 9.53. The largest absolute Gasteiger partial charge is 0.393 e. The van der Waals surface area contributed by atoms with Crippen LogP contribution < -0.4 is 0 Å². The highest BCUT2D eigenvalue weighted by atomic mass is 16.3. The number of rotatable bonds is 1. The topological polar surface area (TPSA) is 23.5 Å². The van der Waals surface area contributed by atoms with E-state index in [1.54, 1.807) is 0 Å². The van der Waals surface area contributed by atoms with Crippen LogP contribution in [-0.2, 0) is 0 Å². The summed E-state index contributed by atoms with van der Waals surface area (Å²) < 4.78 is 0. The second kappa shape index (κ2) is 3.55. The van der Waals surface area contributed by atoms with Crippen molar-refractivity contribution in [3.05, 3.63) is 0 Å². The molecule has 1 N–H and O–H groups in total. The van der Waals surface area contributed by atoms with E-state index in [0.29, 0.717) is 12.0 Å². The Morgan fingerprint density at radius 2 is 2.09 bits per heavy atom. The monoisotopic (exact) mass is 157 g/mol. The van der Waals surface area contributed by atoms with Crippen LogP contribution in [0.3, 0.4) is 0 Å². The van der Waals surface area contributed by atoms with E-state index in [9.17, 15) is 5.11 Å². The van der Waals surface area contributed by atoms with Crippen LogP contribution in [0, 0.1) is 5.92 Å². The summed E-state index contributed by atoms with van der Waals surface area (Å²) >= 11 is 0. The summed E-state index contributed by atoms with van der Waals surface area (Å²) in [6, 6.07) is 0.545. The predicted octanol–water partition coefficient (Wildman–Crippen LogP) is 1.10. The summed E-state index contributed by atoms with van der Waals surface area (Å²) in [7, 11) is 0. The van der Waals surface area contributed by atoms with Crippen molar-refractivity contribution in [2.24, 2.45) is 5.92 Å². The molecular formula is C9H19NO. The first-order valence-electron chi connectivity index (χ1n) is 4.59. The van der Waals surface area contributed by atoms with Gasteiger partial charge in [-0.05, 0) is 25.8 Å². The molecule has 1 heterocycles. The zero-order valence-corrected chi connectivity index (χ0v) is 7.75. The van der Waals surface area contributed by atoms with Crippen LogP contribution >= 0.6 is 0 Å². The molecule has 0 unspecified atom stereocenters. The normalized spacial score (nSPS) is 40.9. The minimum absolute atomic E-state index is 0.0761. The molecule has 1 fully saturated rings. The quantitative estimate of drug-likeness (QED) is 0.616. The van der Waals surface area contributed by atoms with Crippen molar-refractivity contribution in [1.29, 1.82) is 0 Å². The Hall–Kier alpha value is -0.0800. The first kappa shape index (κ1) is 9.01. The molecule has 2 heteroatoms. The van der Waals surface area contributed by atoms with Gasteiger partial charge < -0.3 is 10.0 Å². The molecule has 0 aliphatic carbocycles. The van der Waals surface area contributed by atoms with Crippen molar-refractivity contribution in [1.82, 2.24) is 4.90 Å². The van der Waals surface area contributed by atoms with Gasteiger partial charge in [-0.25, -0.2) is 0 Å². The molecule has 66 valence electrons. The van der Waals surface area contributed by atoms with Gasteiger partial charge >= 0.3 is 0 Å². The highest BCUT2D eigenvalue weighted by Gasteiger charge is 2.29. The van der Waals surface area contributed by atoms with Gasteiger partial charge in [0.2, 0.25) is 0 Å². The molecule has 1 rings (SSSR count). The molecule has 2 nitrogen and oxygen atoms in total. The van der Waals surface area contributed by atoms with Gasteiger partial charge in [-0.3, -0.25) is 0 Å². The minimum atomic E-state index is -0.0761. The summed E-state index contributed by atoms with van der Waals surface area (Å²) in [6.45, 7) is 8.69. The van der Waals surface area contributed by atoms with Crippen LogP contribution in [0.15, 0.2) is 0 Å². The molecule has 0 amide bonds. The van der Waals surface area contributed by atoms with Crippen LogP contribution in [0.1, 0.15) is 27.2 Å². The van der Waals surface area contributed by atoms with Gasteiger partial charge in [0.15, 0.2) is 0 Å². The maximum Gasteiger partial charge on any atom is 0.0592 e. The second-order valence-electron chi connectivity index (χ2n) is 3.58. The van der Waals surface area contributed by atoms with Crippen molar-refractivity contribution in [3.63, 3.8) is 0 Å². The van der Waals surface area contributed by atoms with Crippen molar-refractivity contribution < 1.29 is 5.11 Å². The van der Waals surface area contributed by atoms with Gasteiger partial charge in [0.25, 0.3) is 0 Å². The van der Waals surface area contributed by atoms with Gasteiger partial charge in [-0.1, -0.05) is 13.8 Å². The molecule has 11 heavy (non-hydrogen) atoms. The number of aliphatic hydroxyl groups excluding tert-OH is 1. The average molecular weight is 157 g/mol. The number of likely N-dealkylation sites (tertiary alicyclic amines) is 1. The number of hydrogen-bond acceptors (Lipinski definition) is 2. The fraction of sp³-hybridized carbons (Fsp3) is 1.00. The fourth-order valence-corrected chi connectivity index (χ4v) is 1.86. The molecule has 0 spiro atoms. The Morgan fingerprint density at radius 1 is 1.45 bits per heavy atom. The summed E-state index contributed by atoms with van der Waals surface area (Å²) in [6.07, 6.45) is 0.868. The van der Waals surface area contributed by atoms with E-state index in [1.165, 1.54) is 0 Å². The highest BCUT2D eigenvalue weighted by Crippen LogP contribution is 2.22. The summed E-state index contributed by atoms with van der Waals surface area (Å²) in [5, 5.41) is 9.53. The molecule has 1 aliphatic heterocycles. The summed E-state index contributed by atoms with van der Waals surface area (Å²) in [4.78, 5) is 2.43. The minimum Gasteiger partial charge on any atom is -0.393 e. The molecule has 3 atom stereocenters. The van der Waals surface area contributed by atoms with Crippen molar-refractivity contribution >= 4 is 0 Å². The second-order valence-corrected chi connectivity index (χ2v) is 3.58. The van der Waals surface area contributed by atoms with Gasteiger partial charge in [0.1, 0.15) is 0 Å². The number of nitrogens with zero attached hydrogens (tertiary/aromatic N) is 1. The van der Waals surface area contributed by atoms with E-state index >= 15 is 0 Å². The molecule has 1 saturated heterocycles. The third-order valence-electron chi connectivity index (χ3n) is 3.06. The first-order valence-corrected chi connectivity index (χ1v) is 4.59. The number of aliphatic hydroxyl groups is 1. The highest BCUT2D eigenvalue weighted by molar-refractivity contribution is 4.83. The van der Waals surface area contributed by atoms with E-state index in [4.69, 9.17) is 0 Å². The van der Waals surface area contributed by atoms with Crippen LogP contribution in [0.5, 0.6) is 0 Å². The average Bonchev–Trinajstić information content (AvgIpc) is 2.01. The molecule has 0 bridgehead atoms. The van der Waals surface area contributed by atoms with Gasteiger partial charge in [0, 0.05) is 12.6 Å². The zero-order chi connectivity index (χ0) is 8.43. The Morgan fingerprint density at radius 3 is 2.64 bits per heavy atom. The van der Waals surface area contributed by atoms with E-state index in [-0.39, 0.29) is 6.10 Å². The fourth-order valence-electron chi connectivity index (χ4n) is 1.86. The molecule has 0 aromatic rings. The van der Waals surface area contributed by atoms with Crippen molar-refractivity contribution in [2.75, 3.05) is 13.1 Å². The summed E-state index contributed by atoms with van der Waals surface area (Å²) in [5.41, 5.74) is 0. The van der Waals surface area contributed by atoms with Crippen LogP contribution in [0.4, 0.5) is 0 Å². The van der Waals surface area contributed by atoms with Crippen molar-refractivity contribution in [2.45, 2.75) is 39.3 Å². The van der Waals surface area contributed by atoms with E-state index in [0.717, 1.165) is 19.5 Å². The third-order valence-corrected chi connectivity index (χ3v) is 3.06. The lowest BCUT2D eigenvalue weighted by molar-refractivity contribution is 0.000891. The van der Waals surface area contributed by atoms with E-state index in [2.05, 4.69) is 25.7 Å². The molecule has 0 aromatic carbocycles.